The Morgan fingerprint density at radius 3 is 2.52 bits per heavy atom. The van der Waals surface area contributed by atoms with Crippen LogP contribution in [-0.2, 0) is 16.0 Å². The molecule has 0 saturated carbocycles. The molecular formula is C19H18FN3O2. The summed E-state index contributed by atoms with van der Waals surface area (Å²) in [6.07, 6.45) is 1.17. The van der Waals surface area contributed by atoms with E-state index in [1.165, 1.54) is 17.1 Å². The number of hydrogen-bond acceptors (Lipinski definition) is 3. The van der Waals surface area contributed by atoms with E-state index in [1.54, 1.807) is 24.3 Å². The lowest BCUT2D eigenvalue weighted by atomic mass is 10.1. The van der Waals surface area contributed by atoms with Crippen LogP contribution in [-0.4, -0.2) is 24.1 Å². The molecule has 25 heavy (non-hydrogen) atoms. The quantitative estimate of drug-likeness (QED) is 0.910. The van der Waals surface area contributed by atoms with Gasteiger partial charge in [0.2, 0.25) is 5.91 Å². The number of benzene rings is 2. The normalized spacial score (nSPS) is 14.2. The maximum absolute atomic E-state index is 12.9. The van der Waals surface area contributed by atoms with Gasteiger partial charge in [-0.1, -0.05) is 30.3 Å². The van der Waals surface area contributed by atoms with E-state index >= 15 is 0 Å². The summed E-state index contributed by atoms with van der Waals surface area (Å²) in [6.45, 7) is 0.419. The van der Waals surface area contributed by atoms with E-state index in [4.69, 9.17) is 0 Å². The maximum atomic E-state index is 12.9. The Balaban J connectivity index is 1.61. The Kier molecular flexibility index (Phi) is 5.18. The zero-order valence-electron chi connectivity index (χ0n) is 13.6. The molecule has 3 rings (SSSR count). The van der Waals surface area contributed by atoms with E-state index in [0.717, 1.165) is 5.56 Å². The zero-order valence-corrected chi connectivity index (χ0v) is 13.6. The number of anilines is 1. The molecule has 5 nitrogen and oxygen atoms in total. The van der Waals surface area contributed by atoms with Crippen LogP contribution in [0.5, 0.6) is 0 Å². The van der Waals surface area contributed by atoms with Crippen molar-refractivity contribution in [2.24, 2.45) is 5.10 Å². The standard InChI is InChI=1S/C19H18FN3O2/c20-15-8-6-14(7-9-15)12-13-21-19(25)17-10-11-18(24)23(22-17)16-4-2-1-3-5-16/h1-9H,10-13H2,(H,21,25). The molecule has 1 aliphatic rings. The molecule has 1 heterocycles. The van der Waals surface area contributed by atoms with Gasteiger partial charge >= 0.3 is 0 Å². The molecule has 1 aliphatic heterocycles. The highest BCUT2D eigenvalue weighted by molar-refractivity contribution is 6.40. The summed E-state index contributed by atoms with van der Waals surface area (Å²) >= 11 is 0. The summed E-state index contributed by atoms with van der Waals surface area (Å²) in [5.41, 5.74) is 1.92. The van der Waals surface area contributed by atoms with Gasteiger partial charge in [0.1, 0.15) is 11.5 Å². The minimum Gasteiger partial charge on any atom is -0.351 e. The third-order valence-electron chi connectivity index (χ3n) is 3.91. The summed E-state index contributed by atoms with van der Waals surface area (Å²) in [7, 11) is 0. The molecule has 128 valence electrons. The molecule has 0 spiro atoms. The second kappa shape index (κ2) is 7.70. The van der Waals surface area contributed by atoms with E-state index in [0.29, 0.717) is 30.8 Å². The molecule has 2 aromatic rings. The predicted molar refractivity (Wildman–Crippen MR) is 93.7 cm³/mol. The summed E-state index contributed by atoms with van der Waals surface area (Å²) < 4.78 is 12.9. The average molecular weight is 339 g/mol. The molecule has 2 amide bonds. The van der Waals surface area contributed by atoms with Gasteiger partial charge in [-0.3, -0.25) is 9.59 Å². The minimum absolute atomic E-state index is 0.130. The molecule has 6 heteroatoms. The number of halogens is 1. The first kappa shape index (κ1) is 16.8. The number of amides is 2. The van der Waals surface area contributed by atoms with Gasteiger partial charge in [0.05, 0.1) is 5.69 Å². The average Bonchev–Trinajstić information content (AvgIpc) is 2.64. The van der Waals surface area contributed by atoms with E-state index in [1.807, 2.05) is 18.2 Å². The van der Waals surface area contributed by atoms with Crippen LogP contribution in [0, 0.1) is 5.82 Å². The van der Waals surface area contributed by atoms with Gasteiger partial charge in [0.15, 0.2) is 0 Å². The molecule has 0 unspecified atom stereocenters. The fraction of sp³-hybridized carbons (Fsp3) is 0.211. The van der Waals surface area contributed by atoms with Gasteiger partial charge in [0, 0.05) is 19.4 Å². The zero-order chi connectivity index (χ0) is 17.6. The largest absolute Gasteiger partial charge is 0.351 e. The van der Waals surface area contributed by atoms with Gasteiger partial charge in [0.25, 0.3) is 5.91 Å². The molecule has 0 fully saturated rings. The lowest BCUT2D eigenvalue weighted by Gasteiger charge is -2.23. The van der Waals surface area contributed by atoms with Gasteiger partial charge in [-0.25, -0.2) is 9.40 Å². The van der Waals surface area contributed by atoms with E-state index in [2.05, 4.69) is 10.4 Å². The number of carbonyl (C=O) groups excluding carboxylic acids is 2. The molecule has 0 bridgehead atoms. The van der Waals surface area contributed by atoms with Crippen LogP contribution in [0.25, 0.3) is 0 Å². The van der Waals surface area contributed by atoms with Gasteiger partial charge in [-0.15, -0.1) is 0 Å². The van der Waals surface area contributed by atoms with Crippen molar-refractivity contribution in [2.45, 2.75) is 19.3 Å². The summed E-state index contributed by atoms with van der Waals surface area (Å²) in [6, 6.07) is 15.2. The number of rotatable bonds is 5. The number of carbonyl (C=O) groups is 2. The smallest absolute Gasteiger partial charge is 0.267 e. The summed E-state index contributed by atoms with van der Waals surface area (Å²) in [5, 5.41) is 8.29. The van der Waals surface area contributed by atoms with Crippen molar-refractivity contribution in [3.63, 3.8) is 0 Å². The lowest BCUT2D eigenvalue weighted by molar-refractivity contribution is -0.118. The van der Waals surface area contributed by atoms with Crippen molar-refractivity contribution >= 4 is 23.2 Å². The number of hydrogen-bond donors (Lipinski definition) is 1. The van der Waals surface area contributed by atoms with Crippen LogP contribution in [0.3, 0.4) is 0 Å². The Morgan fingerprint density at radius 1 is 1.08 bits per heavy atom. The lowest BCUT2D eigenvalue weighted by Crippen LogP contribution is -2.39. The van der Waals surface area contributed by atoms with Crippen LogP contribution < -0.4 is 10.3 Å². The van der Waals surface area contributed by atoms with E-state index < -0.39 is 0 Å². The van der Waals surface area contributed by atoms with Crippen molar-refractivity contribution in [3.05, 3.63) is 66.0 Å². The monoisotopic (exact) mass is 339 g/mol. The molecule has 0 aliphatic carbocycles. The molecule has 1 N–H and O–H groups in total. The maximum Gasteiger partial charge on any atom is 0.267 e. The van der Waals surface area contributed by atoms with Crippen LogP contribution in [0.15, 0.2) is 59.7 Å². The molecule has 0 aromatic heterocycles. The highest BCUT2D eigenvalue weighted by atomic mass is 19.1. The van der Waals surface area contributed by atoms with Crippen LogP contribution in [0.1, 0.15) is 18.4 Å². The summed E-state index contributed by atoms with van der Waals surface area (Å²) in [5.74, 6) is -0.695. The number of nitrogens with zero attached hydrogens (tertiary/aromatic N) is 2. The van der Waals surface area contributed by atoms with Crippen LogP contribution in [0.4, 0.5) is 10.1 Å². The van der Waals surface area contributed by atoms with Crippen molar-refractivity contribution in [1.29, 1.82) is 0 Å². The fourth-order valence-corrected chi connectivity index (χ4v) is 2.56. The highest BCUT2D eigenvalue weighted by Gasteiger charge is 2.25. The van der Waals surface area contributed by atoms with Gasteiger partial charge < -0.3 is 5.32 Å². The van der Waals surface area contributed by atoms with Crippen molar-refractivity contribution in [2.75, 3.05) is 11.6 Å². The van der Waals surface area contributed by atoms with Crippen LogP contribution in [0.2, 0.25) is 0 Å². The Morgan fingerprint density at radius 2 is 1.80 bits per heavy atom. The summed E-state index contributed by atoms with van der Waals surface area (Å²) in [4.78, 5) is 24.3. The topological polar surface area (TPSA) is 61.8 Å². The first-order valence-electron chi connectivity index (χ1n) is 8.11. The Labute approximate surface area is 145 Å². The fourth-order valence-electron chi connectivity index (χ4n) is 2.56. The van der Waals surface area contributed by atoms with Crippen molar-refractivity contribution in [1.82, 2.24) is 5.32 Å². The number of hydrazone groups is 1. The van der Waals surface area contributed by atoms with Crippen molar-refractivity contribution < 1.29 is 14.0 Å². The molecule has 0 atom stereocenters. The van der Waals surface area contributed by atoms with Crippen molar-refractivity contribution in [3.8, 4) is 0 Å². The van der Waals surface area contributed by atoms with Gasteiger partial charge in [-0.2, -0.15) is 5.10 Å². The highest BCUT2D eigenvalue weighted by Crippen LogP contribution is 2.19. The first-order chi connectivity index (χ1) is 12.1. The molecular weight excluding hydrogens is 321 g/mol. The van der Waals surface area contributed by atoms with E-state index in [-0.39, 0.29) is 24.1 Å². The minimum atomic E-state index is -0.282. The number of nitrogens with one attached hydrogen (secondary N) is 1. The van der Waals surface area contributed by atoms with E-state index in [9.17, 15) is 14.0 Å². The van der Waals surface area contributed by atoms with Gasteiger partial charge in [-0.05, 0) is 36.2 Å². The van der Waals surface area contributed by atoms with Crippen LogP contribution >= 0.6 is 0 Å². The molecule has 0 saturated heterocycles. The Bertz CT molecular complexity index is 788. The third-order valence-corrected chi connectivity index (χ3v) is 3.91. The predicted octanol–water partition coefficient (Wildman–Crippen LogP) is 2.67. The molecule has 0 radical (unpaired) electrons. The third kappa shape index (κ3) is 4.29. The SMILES string of the molecule is O=C(NCCc1ccc(F)cc1)C1=NN(c2ccccc2)C(=O)CC1. The molecule has 2 aromatic carbocycles. The number of para-hydroxylation sites is 1. The first-order valence-corrected chi connectivity index (χ1v) is 8.11. The Hall–Kier alpha value is -3.02. The second-order valence-corrected chi connectivity index (χ2v) is 5.72. The second-order valence-electron chi connectivity index (χ2n) is 5.72.